The second-order valence-corrected chi connectivity index (χ2v) is 2.25. The highest BCUT2D eigenvalue weighted by molar-refractivity contribution is 5.01. The monoisotopic (exact) mass is 181 g/mol. The minimum atomic E-state index is -2.90. The first-order chi connectivity index (χ1) is 5.56. The van der Waals surface area contributed by atoms with Crippen LogP contribution in [0, 0.1) is 0 Å². The minimum Gasteiger partial charge on any atom is -0.502 e. The first-order valence-electron chi connectivity index (χ1n) is 3.56. The molecular weight excluding hydrogens is 168 g/mol. The molecule has 0 aliphatic rings. The second kappa shape index (κ2) is 5.05. The molecule has 0 aromatic rings. The van der Waals surface area contributed by atoms with Crippen molar-refractivity contribution in [3.05, 3.63) is 12.3 Å². The van der Waals surface area contributed by atoms with E-state index in [0.717, 1.165) is 12.3 Å². The van der Waals surface area contributed by atoms with Gasteiger partial charge in [-0.1, -0.05) is 0 Å². The lowest BCUT2D eigenvalue weighted by molar-refractivity contribution is -0.0562. The molecule has 1 atom stereocenters. The highest BCUT2D eigenvalue weighted by Crippen LogP contribution is 2.15. The molecule has 0 spiro atoms. The number of hydrogen-bond donors (Lipinski definition) is 2. The van der Waals surface area contributed by atoms with Crippen molar-refractivity contribution in [1.82, 2.24) is 0 Å². The number of ether oxygens (including phenoxy) is 1. The van der Waals surface area contributed by atoms with Crippen LogP contribution < -0.4 is 5.73 Å². The van der Waals surface area contributed by atoms with Crippen LogP contribution in [0.1, 0.15) is 6.92 Å². The van der Waals surface area contributed by atoms with Gasteiger partial charge in [-0.3, -0.25) is 0 Å². The summed E-state index contributed by atoms with van der Waals surface area (Å²) in [6.07, 6.45) is -1.01. The smallest absolute Gasteiger partial charge is 0.271 e. The van der Waals surface area contributed by atoms with Crippen LogP contribution in [0.2, 0.25) is 0 Å². The lowest BCUT2D eigenvalue weighted by Crippen LogP contribution is -2.42. The molecule has 0 aliphatic heterocycles. The lowest BCUT2D eigenvalue weighted by Gasteiger charge is -2.20. The van der Waals surface area contributed by atoms with Gasteiger partial charge in [0, 0.05) is 6.54 Å². The summed E-state index contributed by atoms with van der Waals surface area (Å²) in [6.45, 7) is 1.53. The molecule has 1 unspecified atom stereocenters. The number of halogens is 2. The molecule has 0 saturated carbocycles. The maximum Gasteiger partial charge on any atom is 0.271 e. The first kappa shape index (κ1) is 11.3. The zero-order valence-corrected chi connectivity index (χ0v) is 6.84. The first-order valence-corrected chi connectivity index (χ1v) is 3.56. The van der Waals surface area contributed by atoms with Gasteiger partial charge in [-0.25, -0.2) is 8.78 Å². The van der Waals surface area contributed by atoms with E-state index in [-0.39, 0.29) is 0 Å². The third kappa shape index (κ3) is 3.15. The molecule has 0 fully saturated rings. The van der Waals surface area contributed by atoms with E-state index in [2.05, 4.69) is 4.74 Å². The van der Waals surface area contributed by atoms with E-state index >= 15 is 0 Å². The fourth-order valence-electron chi connectivity index (χ4n) is 0.492. The maximum absolute atomic E-state index is 12.1. The van der Waals surface area contributed by atoms with E-state index in [9.17, 15) is 8.78 Å². The highest BCUT2D eigenvalue weighted by Gasteiger charge is 2.33. The molecule has 0 aromatic carbocycles. The molecule has 0 amide bonds. The standard InChI is InChI=1S/C7H13F2NO2/c1-2-12-4-3-7(11,5-10)6(8)9/h3-4,6,11H,2,5,10H2,1H3/b4-3+. The topological polar surface area (TPSA) is 55.5 Å². The molecule has 0 bridgehead atoms. The van der Waals surface area contributed by atoms with Crippen molar-refractivity contribution in [2.24, 2.45) is 5.73 Å². The van der Waals surface area contributed by atoms with Gasteiger partial charge in [-0.05, 0) is 13.0 Å². The normalized spacial score (nSPS) is 16.8. The van der Waals surface area contributed by atoms with Crippen LogP contribution in [-0.4, -0.2) is 30.3 Å². The number of aliphatic hydroxyl groups is 1. The average molecular weight is 181 g/mol. The predicted octanol–water partition coefficient (Wildman–Crippen LogP) is 0.492. The molecule has 0 rings (SSSR count). The van der Waals surface area contributed by atoms with Crippen LogP contribution in [0.15, 0.2) is 12.3 Å². The third-order valence-corrected chi connectivity index (χ3v) is 1.32. The van der Waals surface area contributed by atoms with Crippen LogP contribution in [-0.2, 0) is 4.74 Å². The molecular formula is C7H13F2NO2. The predicted molar refractivity (Wildman–Crippen MR) is 40.8 cm³/mol. The number of rotatable bonds is 5. The Balaban J connectivity index is 4.13. The Bertz CT molecular complexity index is 152. The number of alkyl halides is 2. The maximum atomic E-state index is 12.1. The van der Waals surface area contributed by atoms with Crippen molar-refractivity contribution >= 4 is 0 Å². The molecule has 0 radical (unpaired) electrons. The summed E-state index contributed by atoms with van der Waals surface area (Å²) in [5.74, 6) is 0. The Kier molecular flexibility index (Phi) is 4.77. The van der Waals surface area contributed by atoms with Crippen molar-refractivity contribution in [2.75, 3.05) is 13.2 Å². The van der Waals surface area contributed by atoms with Crippen LogP contribution in [0.3, 0.4) is 0 Å². The molecule has 5 heteroatoms. The number of hydrogen-bond acceptors (Lipinski definition) is 3. The zero-order chi connectivity index (χ0) is 9.61. The largest absolute Gasteiger partial charge is 0.502 e. The molecule has 72 valence electrons. The Hall–Kier alpha value is -0.680. The fraction of sp³-hybridized carbons (Fsp3) is 0.714. The van der Waals surface area contributed by atoms with Crippen LogP contribution in [0.25, 0.3) is 0 Å². The SMILES string of the molecule is CCO/C=C/C(O)(CN)C(F)F. The van der Waals surface area contributed by atoms with Gasteiger partial charge in [0.2, 0.25) is 0 Å². The Morgan fingerprint density at radius 2 is 2.25 bits per heavy atom. The van der Waals surface area contributed by atoms with Gasteiger partial charge < -0.3 is 15.6 Å². The van der Waals surface area contributed by atoms with Gasteiger partial charge >= 0.3 is 0 Å². The Labute approximate surface area is 69.8 Å². The van der Waals surface area contributed by atoms with Gasteiger partial charge in [0.05, 0.1) is 12.9 Å². The molecule has 3 nitrogen and oxygen atoms in total. The van der Waals surface area contributed by atoms with Crippen LogP contribution in [0.5, 0.6) is 0 Å². The summed E-state index contributed by atoms with van der Waals surface area (Å²) < 4.78 is 28.8. The number of nitrogens with two attached hydrogens (primary N) is 1. The van der Waals surface area contributed by atoms with E-state index in [1.807, 2.05) is 0 Å². The van der Waals surface area contributed by atoms with E-state index in [4.69, 9.17) is 10.8 Å². The van der Waals surface area contributed by atoms with Crippen LogP contribution in [0.4, 0.5) is 8.78 Å². The van der Waals surface area contributed by atoms with E-state index in [0.29, 0.717) is 6.61 Å². The summed E-state index contributed by atoms with van der Waals surface area (Å²) in [7, 11) is 0. The van der Waals surface area contributed by atoms with Gasteiger partial charge in [0.25, 0.3) is 6.43 Å². The molecule has 0 aliphatic carbocycles. The van der Waals surface area contributed by atoms with Crippen molar-refractivity contribution in [1.29, 1.82) is 0 Å². The minimum absolute atomic E-state index is 0.361. The Morgan fingerprint density at radius 1 is 1.67 bits per heavy atom. The summed E-state index contributed by atoms with van der Waals surface area (Å²) in [4.78, 5) is 0. The van der Waals surface area contributed by atoms with Gasteiger partial charge in [0.1, 0.15) is 0 Å². The fourth-order valence-corrected chi connectivity index (χ4v) is 0.492. The average Bonchev–Trinajstić information content (AvgIpc) is 2.04. The van der Waals surface area contributed by atoms with Gasteiger partial charge in [-0.15, -0.1) is 0 Å². The molecule has 12 heavy (non-hydrogen) atoms. The third-order valence-electron chi connectivity index (χ3n) is 1.32. The van der Waals surface area contributed by atoms with E-state index in [1.54, 1.807) is 6.92 Å². The van der Waals surface area contributed by atoms with Crippen molar-refractivity contribution in [3.63, 3.8) is 0 Å². The van der Waals surface area contributed by atoms with Crippen molar-refractivity contribution in [2.45, 2.75) is 19.0 Å². The van der Waals surface area contributed by atoms with Gasteiger partial charge in [0.15, 0.2) is 5.60 Å². The summed E-state index contributed by atoms with van der Waals surface area (Å²) in [6, 6.07) is 0. The Morgan fingerprint density at radius 3 is 2.58 bits per heavy atom. The second-order valence-electron chi connectivity index (χ2n) is 2.25. The molecule has 0 aromatic heterocycles. The van der Waals surface area contributed by atoms with E-state index in [1.165, 1.54) is 0 Å². The summed E-state index contributed by atoms with van der Waals surface area (Å²) >= 11 is 0. The summed E-state index contributed by atoms with van der Waals surface area (Å²) in [5, 5.41) is 9.08. The van der Waals surface area contributed by atoms with Gasteiger partial charge in [-0.2, -0.15) is 0 Å². The van der Waals surface area contributed by atoms with Crippen molar-refractivity contribution < 1.29 is 18.6 Å². The molecule has 3 N–H and O–H groups in total. The quantitative estimate of drug-likeness (QED) is 0.607. The summed E-state index contributed by atoms with van der Waals surface area (Å²) in [5.41, 5.74) is 2.68. The molecule has 0 heterocycles. The molecule has 0 saturated heterocycles. The van der Waals surface area contributed by atoms with Crippen LogP contribution >= 0.6 is 0 Å². The van der Waals surface area contributed by atoms with Crippen molar-refractivity contribution in [3.8, 4) is 0 Å². The zero-order valence-electron chi connectivity index (χ0n) is 6.84. The van der Waals surface area contributed by atoms with E-state index < -0.39 is 18.6 Å². The lowest BCUT2D eigenvalue weighted by atomic mass is 10.1. The highest BCUT2D eigenvalue weighted by atomic mass is 19.3.